The molecule has 7 heavy (non-hydrogen) atoms. The largest absolute Gasteiger partial charge is 0.279 e. The molecular weight excluding hydrogens is 339 g/mol. The smallest absolute Gasteiger partial charge is 0 e. The van der Waals surface area contributed by atoms with E-state index in [-0.39, 0.29) is 0 Å². The standard InChI is InChI=1S/C6H9.Rf/c1-3-5-6-4-2;/h3,5-6H,1-2H3;/q-1;. The summed E-state index contributed by atoms with van der Waals surface area (Å²) in [6.45, 7) is 3.86. The van der Waals surface area contributed by atoms with Crippen molar-refractivity contribution in [3.8, 4) is 0 Å². The van der Waals surface area contributed by atoms with Crippen LogP contribution in [0.5, 0.6) is 0 Å². The summed E-state index contributed by atoms with van der Waals surface area (Å²) < 4.78 is 0. The van der Waals surface area contributed by atoms with E-state index in [0.29, 0.717) is 0 Å². The summed E-state index contributed by atoms with van der Waals surface area (Å²) in [6.07, 6.45) is 8.64. The van der Waals surface area contributed by atoms with Crippen molar-refractivity contribution < 1.29 is 0 Å². The van der Waals surface area contributed by atoms with E-state index >= 15 is 0 Å². The fourth-order valence-corrected chi connectivity index (χ4v) is 0.192. The first-order valence-electron chi connectivity index (χ1n) is 2.03. The molecule has 1 heteroatoms. The van der Waals surface area contributed by atoms with Crippen molar-refractivity contribution in [2.75, 3.05) is 0 Å². The maximum atomic E-state index is 2.86. The predicted molar refractivity (Wildman–Crippen MR) is 28.3 cm³/mol. The molecule has 0 N–H and O–H groups in total. The van der Waals surface area contributed by atoms with Gasteiger partial charge in [-0.1, -0.05) is 6.92 Å². The molecule has 0 amide bonds. The van der Waals surface area contributed by atoms with Crippen molar-refractivity contribution in [2.45, 2.75) is 13.8 Å². The number of hydrogen-bond acceptors (Lipinski definition) is 0. The summed E-state index contributed by atoms with van der Waals surface area (Å²) in [7, 11) is 0. The number of rotatable bonds is 1. The van der Waals surface area contributed by atoms with Gasteiger partial charge in [0.25, 0.3) is 0 Å². The molecule has 0 spiro atoms. The van der Waals surface area contributed by atoms with E-state index in [2.05, 4.69) is 6.08 Å². The molecule has 0 aromatic heterocycles. The van der Waals surface area contributed by atoms with Gasteiger partial charge in [-0.05, 0) is 0 Å². The van der Waals surface area contributed by atoms with Crippen LogP contribution in [0.1, 0.15) is 13.8 Å². The van der Waals surface area contributed by atoms with Crippen LogP contribution in [0, 0.1) is 6.08 Å². The van der Waals surface area contributed by atoms with Crippen molar-refractivity contribution in [3.63, 3.8) is 0 Å². The molecule has 0 aromatic carbocycles. The summed E-state index contributed by atoms with van der Waals surface area (Å²) in [4.78, 5) is 0. The second-order valence-corrected chi connectivity index (χ2v) is 0.981. The van der Waals surface area contributed by atoms with Gasteiger partial charge in [0.2, 0.25) is 0 Å². The minimum absolute atomic E-state index is 0. The van der Waals surface area contributed by atoms with Crippen molar-refractivity contribution >= 4 is 0 Å². The van der Waals surface area contributed by atoms with Gasteiger partial charge in [0.1, 0.15) is 0 Å². The third-order valence-corrected chi connectivity index (χ3v) is 0.455. The molecule has 0 fully saturated rings. The minimum Gasteiger partial charge on any atom is -0.279 e. The minimum atomic E-state index is 0. The van der Waals surface area contributed by atoms with E-state index in [9.17, 15) is 0 Å². The second kappa shape index (κ2) is 8.82. The maximum absolute atomic E-state index is 2.86. The van der Waals surface area contributed by atoms with Crippen LogP contribution in [0.15, 0.2) is 18.2 Å². The summed E-state index contributed by atoms with van der Waals surface area (Å²) in [6, 6.07) is 0. The molecule has 0 aliphatic carbocycles. The molecule has 0 aliphatic heterocycles. The molecule has 0 heterocycles. The van der Waals surface area contributed by atoms with Crippen LogP contribution in [-0.2, 0) is 0 Å². The molecule has 0 aliphatic rings. The zero-order chi connectivity index (χ0) is 4.83. The van der Waals surface area contributed by atoms with Gasteiger partial charge in [0.15, 0.2) is 0 Å². The quantitative estimate of drug-likeness (QED) is 0.502. The van der Waals surface area contributed by atoms with Crippen molar-refractivity contribution in [1.82, 2.24) is 0 Å². The van der Waals surface area contributed by atoms with Crippen molar-refractivity contribution in [2.24, 2.45) is 0 Å². The third-order valence-electron chi connectivity index (χ3n) is 0.455. The van der Waals surface area contributed by atoms with Crippen LogP contribution in [0.4, 0.5) is 0 Å². The topological polar surface area (TPSA) is 0 Å². The molecule has 0 radical (unpaired) electrons. The Morgan fingerprint density at radius 3 is 2.14 bits per heavy atom. The summed E-state index contributed by atoms with van der Waals surface area (Å²) in [5.74, 6) is 0. The summed E-state index contributed by atoms with van der Waals surface area (Å²) in [5, 5.41) is 0. The Labute approximate surface area is 39.2 Å². The fraction of sp³-hybridized carbons (Fsp3) is 0.333. The molecular formula is C6H9Rf-. The van der Waals surface area contributed by atoms with Crippen LogP contribution >= 0.6 is 0 Å². The monoisotopic (exact) mass is 348 g/mol. The van der Waals surface area contributed by atoms with Crippen molar-refractivity contribution in [1.29, 1.82) is 0 Å². The molecule has 36 valence electrons. The predicted octanol–water partition coefficient (Wildman–Crippen LogP) is 1.94. The van der Waals surface area contributed by atoms with Gasteiger partial charge < -0.3 is 0 Å². The Morgan fingerprint density at radius 2 is 2.00 bits per heavy atom. The summed E-state index contributed by atoms with van der Waals surface area (Å²) >= 11 is 0. The molecule has 0 aromatic rings. The third kappa shape index (κ3) is 12.6. The SMILES string of the molecule is C[C-]=CC=CC.[Rf]. The van der Waals surface area contributed by atoms with Gasteiger partial charge in [-0.25, -0.2) is 12.2 Å². The first kappa shape index (κ1) is 9.08. The average molecular weight is 348 g/mol. The molecule has 0 unspecified atom stereocenters. The van der Waals surface area contributed by atoms with Gasteiger partial charge in [-0.15, -0.1) is 6.92 Å². The van der Waals surface area contributed by atoms with Gasteiger partial charge in [0, 0.05) is 0 Å². The molecule has 0 nitrogen and oxygen atoms in total. The van der Waals surface area contributed by atoms with Gasteiger partial charge in [-0.3, -0.25) is 6.08 Å². The average Bonchev–Trinajstić information content (AvgIpc) is 1.61. The Bertz CT molecular complexity index is 52.6. The van der Waals surface area contributed by atoms with E-state index in [1.807, 2.05) is 32.1 Å². The number of hydrogen-bond donors (Lipinski definition) is 0. The van der Waals surface area contributed by atoms with E-state index in [0.717, 1.165) is 0 Å². The zero-order valence-electron chi connectivity index (χ0n) is 4.94. The molecule has 0 rings (SSSR count). The van der Waals surface area contributed by atoms with E-state index in [1.165, 1.54) is 0 Å². The van der Waals surface area contributed by atoms with Crippen LogP contribution in [0.25, 0.3) is 0 Å². The normalized spacial score (nSPS) is 10.0. The summed E-state index contributed by atoms with van der Waals surface area (Å²) in [5.41, 5.74) is 0. The van der Waals surface area contributed by atoms with E-state index < -0.39 is 0 Å². The molecule has 0 saturated heterocycles. The molecule has 0 saturated carbocycles. The Morgan fingerprint density at radius 1 is 1.43 bits per heavy atom. The van der Waals surface area contributed by atoms with Gasteiger partial charge in [0.05, 0.1) is 0 Å². The number of allylic oxidation sites excluding steroid dienone is 4. The molecule has 0 bridgehead atoms. The Kier molecular flexibility index (Phi) is 11.4. The van der Waals surface area contributed by atoms with E-state index in [4.69, 9.17) is 0 Å². The van der Waals surface area contributed by atoms with Crippen LogP contribution in [0.3, 0.4) is 0 Å². The second-order valence-electron chi connectivity index (χ2n) is 0.981. The van der Waals surface area contributed by atoms with Crippen LogP contribution in [-0.4, -0.2) is 0 Å². The Hall–Kier alpha value is -1.52. The van der Waals surface area contributed by atoms with Gasteiger partial charge in [-0.2, -0.15) is 6.08 Å². The maximum Gasteiger partial charge on any atom is 0 e. The van der Waals surface area contributed by atoms with Crippen LogP contribution in [0.2, 0.25) is 0 Å². The van der Waals surface area contributed by atoms with Crippen molar-refractivity contribution in [3.05, 3.63) is 24.3 Å². The Balaban J connectivity index is 0. The van der Waals surface area contributed by atoms with Gasteiger partial charge >= 0.3 is 0 Å². The fourth-order valence-electron chi connectivity index (χ4n) is 0.192. The first-order valence-corrected chi connectivity index (χ1v) is 2.03. The molecule has 0 atom stereocenters. The van der Waals surface area contributed by atoms with E-state index in [1.54, 1.807) is 0 Å². The van der Waals surface area contributed by atoms with Crippen LogP contribution < -0.4 is 0 Å². The zero-order valence-corrected chi connectivity index (χ0v) is 11.3. The first-order chi connectivity index (χ1) is 2.91.